The fourth-order valence-electron chi connectivity index (χ4n) is 1.91. The zero-order chi connectivity index (χ0) is 15.9. The Morgan fingerprint density at radius 2 is 1.09 bits per heavy atom. The van der Waals surface area contributed by atoms with E-state index in [4.69, 9.17) is 6.42 Å². The van der Waals surface area contributed by atoms with Crippen molar-refractivity contribution in [3.05, 3.63) is 93.2 Å². The van der Waals surface area contributed by atoms with Gasteiger partial charge in [0.25, 0.3) is 0 Å². The predicted octanol–water partition coefficient (Wildman–Crippen LogP) is 4.53. The lowest BCUT2D eigenvalue weighted by molar-refractivity contribution is 1.58. The van der Waals surface area contributed by atoms with E-state index in [1.54, 1.807) is 11.3 Å². The quantitative estimate of drug-likeness (QED) is 0.535. The molecular weight excluding hydrogens is 296 g/mol. The number of rotatable bonds is 0. The van der Waals surface area contributed by atoms with Crippen molar-refractivity contribution in [3.63, 3.8) is 0 Å². The smallest absolute Gasteiger partial charge is 0.0772 e. The molecule has 1 heteroatoms. The van der Waals surface area contributed by atoms with Gasteiger partial charge in [0.05, 0.1) is 4.88 Å². The van der Waals surface area contributed by atoms with Crippen molar-refractivity contribution in [1.29, 1.82) is 0 Å². The summed E-state index contributed by atoms with van der Waals surface area (Å²) in [6.07, 6.45) is 5.34. The van der Waals surface area contributed by atoms with Crippen molar-refractivity contribution >= 4 is 11.3 Å². The second kappa shape index (κ2) is 7.20. The SMILES string of the molecule is C#Cc1ccc(C#Cc2ccc(C#Cc3cccs3)cc2)cc1. The first-order valence-corrected chi connectivity index (χ1v) is 7.96. The van der Waals surface area contributed by atoms with Crippen LogP contribution in [-0.2, 0) is 0 Å². The number of thiophene rings is 1. The fraction of sp³-hybridized carbons (Fsp3) is 0. The topological polar surface area (TPSA) is 0 Å². The van der Waals surface area contributed by atoms with E-state index in [1.165, 1.54) is 0 Å². The molecule has 0 amide bonds. The Morgan fingerprint density at radius 3 is 1.52 bits per heavy atom. The standard InChI is InChI=1S/C22H12S/c1-2-18-5-7-19(8-6-18)9-10-20-11-13-21(14-12-20)15-16-22-4-3-17-23-22/h1,3-8,11-14,17H. The molecule has 1 aromatic heterocycles. The average molecular weight is 308 g/mol. The number of hydrogen-bond acceptors (Lipinski definition) is 1. The molecule has 0 bridgehead atoms. The summed E-state index contributed by atoms with van der Waals surface area (Å²) in [5.41, 5.74) is 3.77. The van der Waals surface area contributed by atoms with Crippen LogP contribution in [0.25, 0.3) is 0 Å². The molecule has 0 fully saturated rings. The molecular formula is C22H12S. The summed E-state index contributed by atoms with van der Waals surface area (Å²) in [7, 11) is 0. The van der Waals surface area contributed by atoms with Crippen molar-refractivity contribution in [3.8, 4) is 36.0 Å². The van der Waals surface area contributed by atoms with E-state index in [2.05, 4.69) is 29.6 Å². The van der Waals surface area contributed by atoms with Crippen LogP contribution < -0.4 is 0 Å². The molecule has 0 spiro atoms. The Kier molecular flexibility index (Phi) is 4.61. The average Bonchev–Trinajstić information content (AvgIpc) is 3.13. The normalized spacial score (nSPS) is 9.00. The fourth-order valence-corrected chi connectivity index (χ4v) is 2.49. The molecule has 0 aliphatic carbocycles. The van der Waals surface area contributed by atoms with E-state index in [0.29, 0.717) is 0 Å². The summed E-state index contributed by atoms with van der Waals surface area (Å²) in [5.74, 6) is 15.2. The zero-order valence-electron chi connectivity index (χ0n) is 12.3. The summed E-state index contributed by atoms with van der Waals surface area (Å²) in [6.45, 7) is 0. The van der Waals surface area contributed by atoms with Crippen LogP contribution in [0.15, 0.2) is 66.0 Å². The van der Waals surface area contributed by atoms with Crippen LogP contribution in [0, 0.1) is 36.0 Å². The van der Waals surface area contributed by atoms with Crippen LogP contribution in [0.3, 0.4) is 0 Å². The van der Waals surface area contributed by atoms with Gasteiger partial charge in [0.2, 0.25) is 0 Å². The second-order valence-electron chi connectivity index (χ2n) is 4.78. The third kappa shape index (κ3) is 4.15. The van der Waals surface area contributed by atoms with E-state index >= 15 is 0 Å². The molecule has 0 aliphatic heterocycles. The Hall–Kier alpha value is -3.18. The molecule has 0 nitrogen and oxygen atoms in total. The van der Waals surface area contributed by atoms with Crippen molar-refractivity contribution < 1.29 is 0 Å². The summed E-state index contributed by atoms with van der Waals surface area (Å²) >= 11 is 1.65. The molecule has 0 saturated heterocycles. The summed E-state index contributed by atoms with van der Waals surface area (Å²) in [6, 6.07) is 19.6. The summed E-state index contributed by atoms with van der Waals surface area (Å²) in [5, 5.41) is 2.03. The van der Waals surface area contributed by atoms with Gasteiger partial charge < -0.3 is 0 Å². The highest BCUT2D eigenvalue weighted by atomic mass is 32.1. The molecule has 23 heavy (non-hydrogen) atoms. The van der Waals surface area contributed by atoms with Crippen molar-refractivity contribution in [1.82, 2.24) is 0 Å². The van der Waals surface area contributed by atoms with E-state index in [1.807, 2.05) is 66.0 Å². The monoisotopic (exact) mass is 308 g/mol. The molecule has 106 valence electrons. The maximum Gasteiger partial charge on any atom is 0.0772 e. The highest BCUT2D eigenvalue weighted by Crippen LogP contribution is 2.08. The zero-order valence-corrected chi connectivity index (χ0v) is 13.2. The Bertz CT molecular complexity index is 943. The van der Waals surface area contributed by atoms with Crippen LogP contribution in [-0.4, -0.2) is 0 Å². The number of terminal acetylenes is 1. The minimum Gasteiger partial charge on any atom is -0.135 e. The van der Waals surface area contributed by atoms with Gasteiger partial charge in [-0.1, -0.05) is 35.7 Å². The van der Waals surface area contributed by atoms with Crippen molar-refractivity contribution in [2.75, 3.05) is 0 Å². The number of benzene rings is 2. The van der Waals surface area contributed by atoms with E-state index in [9.17, 15) is 0 Å². The highest BCUT2D eigenvalue weighted by Gasteiger charge is 1.91. The van der Waals surface area contributed by atoms with Gasteiger partial charge in [-0.25, -0.2) is 0 Å². The molecule has 2 aromatic carbocycles. The van der Waals surface area contributed by atoms with Gasteiger partial charge in [-0.2, -0.15) is 0 Å². The van der Waals surface area contributed by atoms with Gasteiger partial charge in [0.1, 0.15) is 0 Å². The van der Waals surface area contributed by atoms with E-state index in [0.717, 1.165) is 27.1 Å². The van der Waals surface area contributed by atoms with Gasteiger partial charge in [-0.3, -0.25) is 0 Å². The molecule has 0 radical (unpaired) electrons. The van der Waals surface area contributed by atoms with Crippen molar-refractivity contribution in [2.45, 2.75) is 0 Å². The van der Waals surface area contributed by atoms with Crippen LogP contribution >= 0.6 is 11.3 Å². The van der Waals surface area contributed by atoms with Crippen LogP contribution in [0.5, 0.6) is 0 Å². The minimum atomic E-state index is 0.865. The van der Waals surface area contributed by atoms with Crippen LogP contribution in [0.2, 0.25) is 0 Å². The molecule has 0 saturated carbocycles. The van der Waals surface area contributed by atoms with Gasteiger partial charge in [-0.05, 0) is 60.0 Å². The predicted molar refractivity (Wildman–Crippen MR) is 97.1 cm³/mol. The summed E-state index contributed by atoms with van der Waals surface area (Å²) in [4.78, 5) is 1.07. The van der Waals surface area contributed by atoms with Gasteiger partial charge >= 0.3 is 0 Å². The molecule has 3 rings (SSSR count). The summed E-state index contributed by atoms with van der Waals surface area (Å²) < 4.78 is 0. The molecule has 1 heterocycles. The molecule has 3 aromatic rings. The van der Waals surface area contributed by atoms with Gasteiger partial charge in [-0.15, -0.1) is 17.8 Å². The maximum absolute atomic E-state index is 5.34. The van der Waals surface area contributed by atoms with Gasteiger partial charge in [0, 0.05) is 22.3 Å². The molecule has 0 atom stereocenters. The van der Waals surface area contributed by atoms with Crippen molar-refractivity contribution in [2.24, 2.45) is 0 Å². The van der Waals surface area contributed by atoms with E-state index in [-0.39, 0.29) is 0 Å². The number of hydrogen-bond donors (Lipinski definition) is 0. The Morgan fingerprint density at radius 1 is 0.609 bits per heavy atom. The first-order valence-electron chi connectivity index (χ1n) is 7.08. The van der Waals surface area contributed by atoms with Crippen LogP contribution in [0.1, 0.15) is 27.1 Å². The molecule has 0 N–H and O–H groups in total. The maximum atomic E-state index is 5.34. The highest BCUT2D eigenvalue weighted by molar-refractivity contribution is 7.10. The largest absolute Gasteiger partial charge is 0.135 e. The third-order valence-corrected chi connectivity index (χ3v) is 3.92. The first kappa shape index (κ1) is 14.7. The Balaban J connectivity index is 1.73. The minimum absolute atomic E-state index is 0.865. The Labute approximate surface area is 140 Å². The molecule has 0 aliphatic rings. The lowest BCUT2D eigenvalue weighted by Crippen LogP contribution is -1.79. The molecule has 0 unspecified atom stereocenters. The van der Waals surface area contributed by atoms with Gasteiger partial charge in [0.15, 0.2) is 0 Å². The third-order valence-electron chi connectivity index (χ3n) is 3.14. The second-order valence-corrected chi connectivity index (χ2v) is 5.72. The van der Waals surface area contributed by atoms with Crippen LogP contribution in [0.4, 0.5) is 0 Å². The lowest BCUT2D eigenvalue weighted by Gasteiger charge is -1.93. The lowest BCUT2D eigenvalue weighted by atomic mass is 10.1. The van der Waals surface area contributed by atoms with E-state index < -0.39 is 0 Å². The first-order chi connectivity index (χ1) is 11.3.